The summed E-state index contributed by atoms with van der Waals surface area (Å²) in [6.07, 6.45) is 4.02. The smallest absolute Gasteiger partial charge is 0.0285 e. The van der Waals surface area contributed by atoms with Gasteiger partial charge in [-0.1, -0.05) is 6.92 Å². The van der Waals surface area contributed by atoms with Crippen molar-refractivity contribution >= 4 is 27.3 Å². The van der Waals surface area contributed by atoms with E-state index in [-0.39, 0.29) is 0 Å². The predicted molar refractivity (Wildman–Crippen MR) is 70.5 cm³/mol. The predicted octanol–water partition coefficient (Wildman–Crippen LogP) is 3.83. The van der Waals surface area contributed by atoms with E-state index >= 15 is 0 Å². The fourth-order valence-corrected chi connectivity index (χ4v) is 3.85. The molecule has 1 fully saturated rings. The van der Waals surface area contributed by atoms with Gasteiger partial charge in [-0.15, -0.1) is 11.3 Å². The van der Waals surface area contributed by atoms with E-state index < -0.39 is 0 Å². The molecule has 1 saturated carbocycles. The molecule has 1 N–H and O–H groups in total. The van der Waals surface area contributed by atoms with Crippen molar-refractivity contribution in [2.24, 2.45) is 5.41 Å². The van der Waals surface area contributed by atoms with Crippen LogP contribution in [0.1, 0.15) is 31.6 Å². The molecule has 0 bridgehead atoms. The van der Waals surface area contributed by atoms with Crippen molar-refractivity contribution in [3.63, 3.8) is 0 Å². The highest BCUT2D eigenvalue weighted by molar-refractivity contribution is 9.10. The third kappa shape index (κ3) is 2.63. The van der Waals surface area contributed by atoms with Crippen molar-refractivity contribution < 1.29 is 0 Å². The minimum absolute atomic E-state index is 0.556. The largest absolute Gasteiger partial charge is 0.314 e. The van der Waals surface area contributed by atoms with E-state index in [2.05, 4.69) is 46.5 Å². The second kappa shape index (κ2) is 4.56. The van der Waals surface area contributed by atoms with Gasteiger partial charge in [0, 0.05) is 20.8 Å². The lowest BCUT2D eigenvalue weighted by atomic mass is 9.93. The molecule has 1 nitrogen and oxygen atoms in total. The van der Waals surface area contributed by atoms with Crippen LogP contribution in [0.25, 0.3) is 0 Å². The molecule has 1 unspecified atom stereocenters. The van der Waals surface area contributed by atoms with Crippen LogP contribution in [0.4, 0.5) is 0 Å². The number of hydrogen-bond acceptors (Lipinski definition) is 2. The van der Waals surface area contributed by atoms with E-state index in [9.17, 15) is 0 Å². The highest BCUT2D eigenvalue weighted by Crippen LogP contribution is 2.51. The third-order valence-corrected chi connectivity index (χ3v) is 5.17. The first-order valence-electron chi connectivity index (χ1n) is 5.62. The van der Waals surface area contributed by atoms with Gasteiger partial charge in [-0.25, -0.2) is 0 Å². The molecule has 84 valence electrons. The molecule has 0 amide bonds. The van der Waals surface area contributed by atoms with Gasteiger partial charge in [-0.3, -0.25) is 0 Å². The molecule has 0 saturated heterocycles. The molecule has 0 aliphatic heterocycles. The maximum absolute atomic E-state index is 3.57. The van der Waals surface area contributed by atoms with Crippen molar-refractivity contribution in [1.29, 1.82) is 0 Å². The molecule has 1 aliphatic rings. The molecule has 1 atom stereocenters. The SMILES string of the molecule is CCNC(C)C1(Cc2cc(Br)cs2)CC1. The highest BCUT2D eigenvalue weighted by atomic mass is 79.9. The van der Waals surface area contributed by atoms with Crippen LogP contribution >= 0.6 is 27.3 Å². The monoisotopic (exact) mass is 287 g/mol. The van der Waals surface area contributed by atoms with Crippen LogP contribution in [0.5, 0.6) is 0 Å². The molecule has 1 heterocycles. The van der Waals surface area contributed by atoms with Crippen LogP contribution in [0.2, 0.25) is 0 Å². The summed E-state index contributed by atoms with van der Waals surface area (Å²) in [4.78, 5) is 1.52. The number of rotatable bonds is 5. The van der Waals surface area contributed by atoms with Crippen LogP contribution in [0.15, 0.2) is 15.9 Å². The summed E-state index contributed by atoms with van der Waals surface area (Å²) in [6.45, 7) is 5.60. The lowest BCUT2D eigenvalue weighted by molar-refractivity contribution is 0.357. The normalized spacial score (nSPS) is 20.2. The summed E-state index contributed by atoms with van der Waals surface area (Å²) >= 11 is 5.40. The Kier molecular flexibility index (Phi) is 3.53. The average Bonchev–Trinajstić information content (AvgIpc) is 2.86. The Balaban J connectivity index is 1.99. The molecule has 1 aromatic heterocycles. The second-order valence-corrected chi connectivity index (χ2v) is 6.46. The Bertz CT molecular complexity index is 330. The van der Waals surface area contributed by atoms with Crippen molar-refractivity contribution in [2.45, 2.75) is 39.2 Å². The van der Waals surface area contributed by atoms with E-state index in [1.54, 1.807) is 0 Å². The third-order valence-electron chi connectivity index (χ3n) is 3.47. The van der Waals surface area contributed by atoms with Gasteiger partial charge < -0.3 is 5.32 Å². The molecule has 0 radical (unpaired) electrons. The lowest BCUT2D eigenvalue weighted by Crippen LogP contribution is -2.35. The van der Waals surface area contributed by atoms with Crippen LogP contribution < -0.4 is 5.32 Å². The van der Waals surface area contributed by atoms with Gasteiger partial charge in [0.25, 0.3) is 0 Å². The van der Waals surface area contributed by atoms with Crippen LogP contribution in [0, 0.1) is 5.41 Å². The zero-order valence-corrected chi connectivity index (χ0v) is 11.7. The standard InChI is InChI=1S/C12H18BrNS/c1-3-14-9(2)12(4-5-12)7-11-6-10(13)8-15-11/h6,8-9,14H,3-5,7H2,1-2H3. The lowest BCUT2D eigenvalue weighted by Gasteiger charge is -2.23. The Morgan fingerprint density at radius 2 is 2.33 bits per heavy atom. The van der Waals surface area contributed by atoms with Gasteiger partial charge >= 0.3 is 0 Å². The maximum Gasteiger partial charge on any atom is 0.0285 e. The van der Waals surface area contributed by atoms with E-state index in [0.717, 1.165) is 6.54 Å². The number of nitrogens with one attached hydrogen (secondary N) is 1. The van der Waals surface area contributed by atoms with Crippen LogP contribution in [0.3, 0.4) is 0 Å². The zero-order valence-electron chi connectivity index (χ0n) is 9.35. The molecule has 0 spiro atoms. The van der Waals surface area contributed by atoms with E-state index in [0.29, 0.717) is 11.5 Å². The summed E-state index contributed by atoms with van der Waals surface area (Å²) < 4.78 is 1.23. The van der Waals surface area contributed by atoms with E-state index in [4.69, 9.17) is 0 Å². The molecule has 0 aromatic carbocycles. The van der Waals surface area contributed by atoms with Crippen molar-refractivity contribution in [1.82, 2.24) is 5.32 Å². The van der Waals surface area contributed by atoms with Crippen molar-refractivity contribution in [3.05, 3.63) is 20.8 Å². The fraction of sp³-hybridized carbons (Fsp3) is 0.667. The summed E-state index contributed by atoms with van der Waals surface area (Å²) in [6, 6.07) is 2.92. The molecule has 15 heavy (non-hydrogen) atoms. The summed E-state index contributed by atoms with van der Waals surface area (Å²) in [5.74, 6) is 0. The average molecular weight is 288 g/mol. The summed E-state index contributed by atoms with van der Waals surface area (Å²) in [5, 5.41) is 5.75. The zero-order chi connectivity index (χ0) is 10.9. The molecule has 1 aromatic rings. The molecular formula is C12H18BrNS. The number of thiophene rings is 1. The maximum atomic E-state index is 3.57. The van der Waals surface area contributed by atoms with Gasteiger partial charge in [0.05, 0.1) is 0 Å². The minimum atomic E-state index is 0.556. The molecule has 3 heteroatoms. The quantitative estimate of drug-likeness (QED) is 0.868. The van der Waals surface area contributed by atoms with Crippen LogP contribution in [-0.2, 0) is 6.42 Å². The van der Waals surface area contributed by atoms with Crippen molar-refractivity contribution in [2.75, 3.05) is 6.54 Å². The van der Waals surface area contributed by atoms with Crippen molar-refractivity contribution in [3.8, 4) is 0 Å². The summed E-state index contributed by atoms with van der Waals surface area (Å²) in [5.41, 5.74) is 0.556. The molecule has 1 aliphatic carbocycles. The Morgan fingerprint density at radius 1 is 1.60 bits per heavy atom. The van der Waals surface area contributed by atoms with Gasteiger partial charge in [0.15, 0.2) is 0 Å². The Morgan fingerprint density at radius 3 is 2.80 bits per heavy atom. The Labute approximate surface area is 104 Å². The Hall–Kier alpha value is 0.140. The highest BCUT2D eigenvalue weighted by Gasteiger charge is 2.46. The topological polar surface area (TPSA) is 12.0 Å². The van der Waals surface area contributed by atoms with Crippen LogP contribution in [-0.4, -0.2) is 12.6 Å². The van der Waals surface area contributed by atoms with E-state index in [1.807, 2.05) is 11.3 Å². The van der Waals surface area contributed by atoms with Gasteiger partial charge in [-0.05, 0) is 60.1 Å². The van der Waals surface area contributed by atoms with Gasteiger partial charge in [0.1, 0.15) is 0 Å². The first-order valence-corrected chi connectivity index (χ1v) is 7.30. The molecular weight excluding hydrogens is 270 g/mol. The van der Waals surface area contributed by atoms with E-state index in [1.165, 1.54) is 28.6 Å². The van der Waals surface area contributed by atoms with Gasteiger partial charge in [0.2, 0.25) is 0 Å². The minimum Gasteiger partial charge on any atom is -0.314 e. The number of halogens is 1. The number of hydrogen-bond donors (Lipinski definition) is 1. The summed E-state index contributed by atoms with van der Waals surface area (Å²) in [7, 11) is 0. The first-order chi connectivity index (χ1) is 7.16. The first kappa shape index (κ1) is 11.6. The molecule has 2 rings (SSSR count). The fourth-order valence-electron chi connectivity index (χ4n) is 2.24. The second-order valence-electron chi connectivity index (χ2n) is 4.55. The van der Waals surface area contributed by atoms with Gasteiger partial charge in [-0.2, -0.15) is 0 Å².